The zero-order chi connectivity index (χ0) is 16.2. The maximum atomic E-state index is 12.0. The van der Waals surface area contributed by atoms with Gasteiger partial charge in [0.2, 0.25) is 11.1 Å². The summed E-state index contributed by atoms with van der Waals surface area (Å²) in [5.41, 5.74) is 3.24. The molecule has 1 aliphatic carbocycles. The van der Waals surface area contributed by atoms with Gasteiger partial charge in [0, 0.05) is 6.04 Å². The molecule has 23 heavy (non-hydrogen) atoms. The highest BCUT2D eigenvalue weighted by atomic mass is 32.2. The van der Waals surface area contributed by atoms with Crippen molar-refractivity contribution in [3.05, 3.63) is 29.3 Å². The lowest BCUT2D eigenvalue weighted by Gasteiger charge is -2.11. The highest BCUT2D eigenvalue weighted by Gasteiger charge is 2.18. The number of carbonyl (C=O) groups excluding carboxylic acids is 1. The van der Waals surface area contributed by atoms with Gasteiger partial charge in [0.25, 0.3) is 0 Å². The van der Waals surface area contributed by atoms with E-state index in [-0.39, 0.29) is 5.91 Å². The Morgan fingerprint density at radius 2 is 1.96 bits per heavy atom. The minimum Gasteiger partial charge on any atom is -0.353 e. The largest absolute Gasteiger partial charge is 0.353 e. The molecular formula is C16H21N5OS. The summed E-state index contributed by atoms with van der Waals surface area (Å²) < 4.78 is 1.69. The number of aryl methyl sites for hydroxylation is 2. The number of amides is 1. The van der Waals surface area contributed by atoms with E-state index in [4.69, 9.17) is 0 Å². The summed E-state index contributed by atoms with van der Waals surface area (Å²) in [6, 6.07) is 6.52. The fourth-order valence-corrected chi connectivity index (χ4v) is 3.68. The van der Waals surface area contributed by atoms with Crippen LogP contribution in [0, 0.1) is 13.8 Å². The van der Waals surface area contributed by atoms with Crippen molar-refractivity contribution in [3.8, 4) is 5.69 Å². The van der Waals surface area contributed by atoms with E-state index in [2.05, 4.69) is 26.9 Å². The number of benzene rings is 1. The predicted molar refractivity (Wildman–Crippen MR) is 89.8 cm³/mol. The first kappa shape index (κ1) is 16.0. The standard InChI is InChI=1S/C16H21N5OS/c1-11-7-12(2)9-14(8-11)21-16(18-19-20-21)23-10-15(22)17-13-5-3-4-6-13/h7-9,13H,3-6,10H2,1-2H3,(H,17,22). The molecule has 1 heterocycles. The summed E-state index contributed by atoms with van der Waals surface area (Å²) in [4.78, 5) is 12.0. The molecule has 1 amide bonds. The van der Waals surface area contributed by atoms with E-state index in [1.165, 1.54) is 24.6 Å². The van der Waals surface area contributed by atoms with E-state index >= 15 is 0 Å². The third-order valence-corrected chi connectivity index (χ3v) is 4.86. The van der Waals surface area contributed by atoms with Crippen LogP contribution in [0.4, 0.5) is 0 Å². The normalized spacial score (nSPS) is 15.0. The van der Waals surface area contributed by atoms with Gasteiger partial charge in [-0.25, -0.2) is 0 Å². The van der Waals surface area contributed by atoms with Crippen molar-refractivity contribution in [2.24, 2.45) is 0 Å². The summed E-state index contributed by atoms with van der Waals surface area (Å²) in [5, 5.41) is 15.6. The summed E-state index contributed by atoms with van der Waals surface area (Å²) >= 11 is 1.37. The number of nitrogens with one attached hydrogen (secondary N) is 1. The van der Waals surface area contributed by atoms with Crippen LogP contribution in [-0.4, -0.2) is 37.9 Å². The van der Waals surface area contributed by atoms with Crippen molar-refractivity contribution in [1.29, 1.82) is 0 Å². The molecule has 1 aliphatic rings. The number of carbonyl (C=O) groups is 1. The van der Waals surface area contributed by atoms with Crippen molar-refractivity contribution < 1.29 is 4.79 Å². The molecule has 0 aliphatic heterocycles. The van der Waals surface area contributed by atoms with Crippen LogP contribution in [0.5, 0.6) is 0 Å². The molecule has 0 saturated heterocycles. The molecule has 6 nitrogen and oxygen atoms in total. The molecule has 0 unspecified atom stereocenters. The number of thioether (sulfide) groups is 1. The average Bonchev–Trinajstić information content (AvgIpc) is 3.15. The Bertz CT molecular complexity index is 673. The van der Waals surface area contributed by atoms with Crippen LogP contribution >= 0.6 is 11.8 Å². The SMILES string of the molecule is Cc1cc(C)cc(-n2nnnc2SCC(=O)NC2CCCC2)c1. The Morgan fingerprint density at radius 3 is 2.65 bits per heavy atom. The average molecular weight is 331 g/mol. The quantitative estimate of drug-likeness (QED) is 0.852. The second-order valence-corrected chi connectivity index (χ2v) is 7.00. The Labute approximate surface area is 140 Å². The predicted octanol–water partition coefficient (Wildman–Crippen LogP) is 2.43. The lowest BCUT2D eigenvalue weighted by atomic mass is 10.1. The molecule has 1 aromatic carbocycles. The van der Waals surface area contributed by atoms with Crippen molar-refractivity contribution in [2.75, 3.05) is 5.75 Å². The van der Waals surface area contributed by atoms with Crippen LogP contribution in [0.2, 0.25) is 0 Å². The van der Waals surface area contributed by atoms with Crippen LogP contribution in [0.15, 0.2) is 23.4 Å². The van der Waals surface area contributed by atoms with Crippen LogP contribution in [0.1, 0.15) is 36.8 Å². The van der Waals surface area contributed by atoms with E-state index in [9.17, 15) is 4.79 Å². The zero-order valence-electron chi connectivity index (χ0n) is 13.5. The van der Waals surface area contributed by atoms with E-state index < -0.39 is 0 Å². The lowest BCUT2D eigenvalue weighted by molar-refractivity contribution is -0.119. The highest BCUT2D eigenvalue weighted by Crippen LogP contribution is 2.21. The maximum absolute atomic E-state index is 12.0. The number of hydrogen-bond donors (Lipinski definition) is 1. The lowest BCUT2D eigenvalue weighted by Crippen LogP contribution is -2.33. The molecule has 1 aromatic heterocycles. The number of tetrazole rings is 1. The monoisotopic (exact) mass is 331 g/mol. The van der Waals surface area contributed by atoms with Gasteiger partial charge in [-0.1, -0.05) is 30.7 Å². The third-order valence-electron chi connectivity index (χ3n) is 3.94. The summed E-state index contributed by atoms with van der Waals surface area (Å²) in [7, 11) is 0. The molecule has 0 bridgehead atoms. The Morgan fingerprint density at radius 1 is 1.26 bits per heavy atom. The van der Waals surface area contributed by atoms with Gasteiger partial charge < -0.3 is 5.32 Å². The van der Waals surface area contributed by atoms with E-state index in [0.29, 0.717) is 17.0 Å². The molecule has 0 spiro atoms. The molecule has 1 N–H and O–H groups in total. The molecule has 122 valence electrons. The maximum Gasteiger partial charge on any atom is 0.230 e. The van der Waals surface area contributed by atoms with Crippen molar-refractivity contribution in [2.45, 2.75) is 50.7 Å². The van der Waals surface area contributed by atoms with Gasteiger partial charge in [-0.3, -0.25) is 4.79 Å². The van der Waals surface area contributed by atoms with Crippen molar-refractivity contribution in [1.82, 2.24) is 25.5 Å². The van der Waals surface area contributed by atoms with E-state index in [1.807, 2.05) is 26.0 Å². The first-order valence-corrected chi connectivity index (χ1v) is 8.89. The van der Waals surface area contributed by atoms with Crippen molar-refractivity contribution in [3.63, 3.8) is 0 Å². The number of nitrogens with zero attached hydrogens (tertiary/aromatic N) is 4. The molecule has 1 saturated carbocycles. The summed E-state index contributed by atoms with van der Waals surface area (Å²) in [5.74, 6) is 0.388. The van der Waals surface area contributed by atoms with E-state index in [1.54, 1.807) is 4.68 Å². The second kappa shape index (κ2) is 7.12. The summed E-state index contributed by atoms with van der Waals surface area (Å²) in [6.07, 6.45) is 4.61. The molecule has 3 rings (SSSR count). The molecule has 1 fully saturated rings. The van der Waals surface area contributed by atoms with Gasteiger partial charge in [-0.05, 0) is 60.4 Å². The number of hydrogen-bond acceptors (Lipinski definition) is 5. The van der Waals surface area contributed by atoms with Gasteiger partial charge in [0.1, 0.15) is 0 Å². The van der Waals surface area contributed by atoms with Crippen LogP contribution in [0.3, 0.4) is 0 Å². The van der Waals surface area contributed by atoms with E-state index in [0.717, 1.165) is 29.7 Å². The highest BCUT2D eigenvalue weighted by molar-refractivity contribution is 7.99. The molecule has 0 radical (unpaired) electrons. The van der Waals surface area contributed by atoms with Gasteiger partial charge in [-0.2, -0.15) is 4.68 Å². The smallest absolute Gasteiger partial charge is 0.230 e. The Kier molecular flexibility index (Phi) is 4.95. The minimum absolute atomic E-state index is 0.0527. The van der Waals surface area contributed by atoms with Gasteiger partial charge in [-0.15, -0.1) is 5.10 Å². The second-order valence-electron chi connectivity index (χ2n) is 6.06. The molecule has 2 aromatic rings. The van der Waals surface area contributed by atoms with Gasteiger partial charge in [0.05, 0.1) is 11.4 Å². The first-order chi connectivity index (χ1) is 11.1. The molecule has 0 atom stereocenters. The third kappa shape index (κ3) is 4.10. The minimum atomic E-state index is 0.0527. The van der Waals surface area contributed by atoms with Crippen LogP contribution in [-0.2, 0) is 4.79 Å². The summed E-state index contributed by atoms with van der Waals surface area (Å²) in [6.45, 7) is 4.09. The topological polar surface area (TPSA) is 72.7 Å². The number of aromatic nitrogens is 4. The van der Waals surface area contributed by atoms with Crippen molar-refractivity contribution >= 4 is 17.7 Å². The van der Waals surface area contributed by atoms with Gasteiger partial charge in [0.15, 0.2) is 0 Å². The Balaban J connectivity index is 1.65. The fourth-order valence-electron chi connectivity index (χ4n) is 2.97. The Hall–Kier alpha value is -1.89. The van der Waals surface area contributed by atoms with Gasteiger partial charge >= 0.3 is 0 Å². The van der Waals surface area contributed by atoms with Crippen LogP contribution < -0.4 is 5.32 Å². The molecular weight excluding hydrogens is 310 g/mol. The molecule has 7 heteroatoms. The fraction of sp³-hybridized carbons (Fsp3) is 0.500. The first-order valence-electron chi connectivity index (χ1n) is 7.91. The number of rotatable bonds is 5. The van der Waals surface area contributed by atoms with Crippen LogP contribution in [0.25, 0.3) is 5.69 Å². The zero-order valence-corrected chi connectivity index (χ0v) is 14.3.